The van der Waals surface area contributed by atoms with Crippen molar-refractivity contribution in [2.24, 2.45) is 4.99 Å². The second-order valence-electron chi connectivity index (χ2n) is 13.0. The summed E-state index contributed by atoms with van der Waals surface area (Å²) in [6, 6.07) is 3.50. The molecular formula is C30H37F2N5O8S. The van der Waals surface area contributed by atoms with E-state index in [2.05, 4.69) is 15.0 Å². The molecule has 16 heteroatoms. The molecule has 2 unspecified atom stereocenters. The Balaban J connectivity index is 1.81. The number of amides is 2. The first-order valence-corrected chi connectivity index (χ1v) is 15.9. The van der Waals surface area contributed by atoms with Crippen molar-refractivity contribution in [1.82, 2.24) is 19.2 Å². The number of imide groups is 1. The minimum Gasteiger partial charge on any atom is -0.483 e. The first-order valence-electron chi connectivity index (χ1n) is 14.3. The van der Waals surface area contributed by atoms with Gasteiger partial charge in [-0.05, 0) is 79.2 Å². The summed E-state index contributed by atoms with van der Waals surface area (Å²) >= 11 is 0. The largest absolute Gasteiger partial charge is 0.483 e. The zero-order valence-electron chi connectivity index (χ0n) is 27.0. The smallest absolute Gasteiger partial charge is 0.427 e. The maximum Gasteiger partial charge on any atom is 0.427 e. The number of nitrogens with zero attached hydrogens (tertiary/aromatic N) is 5. The highest BCUT2D eigenvalue weighted by atomic mass is 32.2. The molecule has 2 aromatic rings. The molecule has 0 N–H and O–H groups in total. The van der Waals surface area contributed by atoms with Crippen LogP contribution >= 0.6 is 0 Å². The minimum atomic E-state index is -4.33. The van der Waals surface area contributed by atoms with Gasteiger partial charge in [-0.25, -0.2) is 41.1 Å². The van der Waals surface area contributed by atoms with E-state index in [4.69, 9.17) is 18.9 Å². The van der Waals surface area contributed by atoms with Crippen molar-refractivity contribution in [3.8, 4) is 11.6 Å². The van der Waals surface area contributed by atoms with E-state index in [1.54, 1.807) is 48.5 Å². The van der Waals surface area contributed by atoms with Crippen LogP contribution in [0.4, 0.5) is 18.4 Å². The van der Waals surface area contributed by atoms with Gasteiger partial charge in [-0.3, -0.25) is 0 Å². The van der Waals surface area contributed by atoms with Crippen LogP contribution in [0.2, 0.25) is 0 Å². The van der Waals surface area contributed by atoms with Gasteiger partial charge in [0.1, 0.15) is 35.3 Å². The van der Waals surface area contributed by atoms with Gasteiger partial charge in [-0.2, -0.15) is 4.98 Å². The molecule has 1 aromatic carbocycles. The Morgan fingerprint density at radius 3 is 2.33 bits per heavy atom. The monoisotopic (exact) mass is 665 g/mol. The van der Waals surface area contributed by atoms with Gasteiger partial charge in [0.05, 0.1) is 11.9 Å². The van der Waals surface area contributed by atoms with Crippen LogP contribution in [0.5, 0.6) is 11.6 Å². The number of sulfonamides is 1. The number of carbonyl (C=O) groups is 2. The van der Waals surface area contributed by atoms with E-state index in [1.165, 1.54) is 25.3 Å². The fraction of sp³-hybridized carbons (Fsp3) is 0.500. The van der Waals surface area contributed by atoms with Crippen LogP contribution in [0.25, 0.3) is 11.9 Å². The summed E-state index contributed by atoms with van der Waals surface area (Å²) in [6.07, 6.45) is -0.530. The molecule has 2 aliphatic heterocycles. The third kappa shape index (κ3) is 7.71. The molecule has 3 heterocycles. The summed E-state index contributed by atoms with van der Waals surface area (Å²) in [5.41, 5.74) is -4.23. The molecule has 0 saturated heterocycles. The maximum atomic E-state index is 15.5. The highest BCUT2D eigenvalue weighted by molar-refractivity contribution is 7.89. The molecule has 0 fully saturated rings. The van der Waals surface area contributed by atoms with E-state index in [9.17, 15) is 18.0 Å². The minimum absolute atomic E-state index is 0.0672. The number of hydrogen-bond acceptors (Lipinski definition) is 11. The number of benzene rings is 1. The van der Waals surface area contributed by atoms with Crippen LogP contribution < -0.4 is 9.47 Å². The molecule has 0 saturated carbocycles. The molecule has 0 radical (unpaired) electrons. The molecule has 2 atom stereocenters. The molecule has 2 aliphatic rings. The summed E-state index contributed by atoms with van der Waals surface area (Å²) in [6.45, 7) is 12.7. The van der Waals surface area contributed by atoms with E-state index in [0.29, 0.717) is 9.21 Å². The predicted octanol–water partition coefficient (Wildman–Crippen LogP) is 5.26. The van der Waals surface area contributed by atoms with E-state index in [1.807, 2.05) is 0 Å². The topological polar surface area (TPSA) is 150 Å². The number of guanidine groups is 1. The lowest BCUT2D eigenvalue weighted by Crippen LogP contribution is -2.58. The van der Waals surface area contributed by atoms with E-state index in [-0.39, 0.29) is 41.3 Å². The van der Waals surface area contributed by atoms with Crippen LogP contribution in [0, 0.1) is 5.82 Å². The third-order valence-electron chi connectivity index (χ3n) is 6.45. The predicted molar refractivity (Wildman–Crippen MR) is 164 cm³/mol. The van der Waals surface area contributed by atoms with Crippen LogP contribution in [0.3, 0.4) is 0 Å². The average Bonchev–Trinajstić information content (AvgIpc) is 2.89. The van der Waals surface area contributed by atoms with Crippen LogP contribution in [-0.2, 0) is 25.0 Å². The number of fused-ring (bicyclic) bond motifs is 1. The van der Waals surface area contributed by atoms with Gasteiger partial charge in [-0.15, -0.1) is 4.90 Å². The second-order valence-corrected chi connectivity index (χ2v) is 15.0. The quantitative estimate of drug-likeness (QED) is 0.425. The Hall–Kier alpha value is -4.34. The summed E-state index contributed by atoms with van der Waals surface area (Å²) in [5.74, 6) is -3.19. The molecular weight excluding hydrogens is 628 g/mol. The summed E-state index contributed by atoms with van der Waals surface area (Å²) in [5, 5.41) is 0. The molecule has 46 heavy (non-hydrogen) atoms. The molecule has 2 amide bonds. The molecule has 0 spiro atoms. The number of aliphatic imine (C=N–C) groups is 1. The summed E-state index contributed by atoms with van der Waals surface area (Å²) in [4.78, 5) is 39.5. The number of rotatable bonds is 3. The number of hydrogen-bond donors (Lipinski definition) is 0. The Labute approximate surface area is 266 Å². The lowest BCUT2D eigenvalue weighted by Gasteiger charge is -2.39. The second kappa shape index (κ2) is 12.1. The SMILES string of the molecule is CC1COc2cnc(/C(F)=C/c3ccc(F)c(C4(C)CS(=O)(=O)N(C)C(N(C(=O)OC(C)(C)C)C(=O)OC(C)(C)C)=N4)c3)nc2O1. The lowest BCUT2D eigenvalue weighted by molar-refractivity contribution is 0.0133. The maximum absolute atomic E-state index is 15.5. The van der Waals surface area contributed by atoms with Gasteiger partial charge in [-0.1, -0.05) is 6.07 Å². The van der Waals surface area contributed by atoms with Crippen molar-refractivity contribution in [2.75, 3.05) is 19.4 Å². The molecule has 4 rings (SSSR count). The van der Waals surface area contributed by atoms with Crippen molar-refractivity contribution in [2.45, 2.75) is 78.2 Å². The zero-order valence-corrected chi connectivity index (χ0v) is 27.9. The van der Waals surface area contributed by atoms with Crippen molar-refractivity contribution >= 4 is 40.1 Å². The Bertz CT molecular complexity index is 1690. The van der Waals surface area contributed by atoms with Crippen molar-refractivity contribution in [1.29, 1.82) is 0 Å². The average molecular weight is 666 g/mol. The van der Waals surface area contributed by atoms with Gasteiger partial charge in [0, 0.05) is 12.6 Å². The number of ether oxygens (including phenoxy) is 4. The van der Waals surface area contributed by atoms with Crippen molar-refractivity contribution < 1.29 is 45.7 Å². The number of halogens is 2. The van der Waals surface area contributed by atoms with E-state index >= 15 is 8.78 Å². The molecule has 13 nitrogen and oxygen atoms in total. The molecule has 1 aromatic heterocycles. The summed E-state index contributed by atoms with van der Waals surface area (Å²) < 4.78 is 80.2. The highest BCUT2D eigenvalue weighted by Gasteiger charge is 2.48. The fourth-order valence-corrected chi connectivity index (χ4v) is 5.92. The first-order chi connectivity index (χ1) is 21.1. The van der Waals surface area contributed by atoms with Gasteiger partial charge < -0.3 is 18.9 Å². The van der Waals surface area contributed by atoms with Gasteiger partial charge >= 0.3 is 12.2 Å². The third-order valence-corrected chi connectivity index (χ3v) is 8.37. The van der Waals surface area contributed by atoms with Crippen LogP contribution in [-0.4, -0.2) is 82.5 Å². The lowest BCUT2D eigenvalue weighted by atomic mass is 9.92. The Morgan fingerprint density at radius 2 is 1.74 bits per heavy atom. The molecule has 0 aliphatic carbocycles. The van der Waals surface area contributed by atoms with Crippen LogP contribution in [0.1, 0.15) is 72.3 Å². The van der Waals surface area contributed by atoms with Crippen molar-refractivity contribution in [3.05, 3.63) is 47.2 Å². The highest BCUT2D eigenvalue weighted by Crippen LogP contribution is 2.37. The Kier molecular flexibility index (Phi) is 9.09. The standard InChI is InChI=1S/C30H37F2N5O8S/c1-17-15-42-22-14-33-23(34-24(22)43-17)21(32)13-18-10-11-20(31)19(12-18)30(8)16-46(40,41)36(9)25(35-30)37(26(38)44-28(2,3)4)27(39)45-29(5,6)7/h10-14,17H,15-16H2,1-9H3/b21-13-. The van der Waals surface area contributed by atoms with E-state index < -0.39 is 62.3 Å². The van der Waals surface area contributed by atoms with Gasteiger partial charge in [0.25, 0.3) is 5.88 Å². The Morgan fingerprint density at radius 1 is 1.13 bits per heavy atom. The normalized spacial score (nSPS) is 21.3. The fourth-order valence-electron chi connectivity index (χ4n) is 4.42. The zero-order chi connectivity index (χ0) is 34.4. The summed E-state index contributed by atoms with van der Waals surface area (Å²) in [7, 11) is -3.24. The van der Waals surface area contributed by atoms with Gasteiger partial charge in [0.2, 0.25) is 16.0 Å². The molecule has 0 bridgehead atoms. The van der Waals surface area contributed by atoms with Crippen LogP contribution in [0.15, 0.2) is 29.4 Å². The van der Waals surface area contributed by atoms with E-state index in [0.717, 1.165) is 19.2 Å². The number of aromatic nitrogens is 2. The molecule has 250 valence electrons. The van der Waals surface area contributed by atoms with Gasteiger partial charge in [0.15, 0.2) is 17.4 Å². The van der Waals surface area contributed by atoms with Crippen molar-refractivity contribution in [3.63, 3.8) is 0 Å². The number of carbonyl (C=O) groups excluding carboxylic acids is 2. The first kappa shape index (κ1) is 34.5.